The van der Waals surface area contributed by atoms with Gasteiger partial charge < -0.3 is 15.1 Å². The Balaban J connectivity index is 2.31. The molecule has 0 heterocycles. The Labute approximate surface area is 141 Å². The summed E-state index contributed by atoms with van der Waals surface area (Å²) in [5.74, 6) is 0. The van der Waals surface area contributed by atoms with E-state index in [2.05, 4.69) is 56.2 Å². The van der Waals surface area contributed by atoms with Crippen molar-refractivity contribution in [3.8, 4) is 0 Å². The quantitative estimate of drug-likeness (QED) is 0.705. The van der Waals surface area contributed by atoms with Gasteiger partial charge in [0.25, 0.3) is 0 Å². The number of unbranched alkanes of at least 4 members (excludes halogenated alkanes) is 1. The van der Waals surface area contributed by atoms with Crippen LogP contribution >= 0.6 is 0 Å². The zero-order valence-corrected chi connectivity index (χ0v) is 15.4. The smallest absolute Gasteiger partial charge is 0.317 e. The highest BCUT2D eigenvalue weighted by molar-refractivity contribution is 5.74. The summed E-state index contributed by atoms with van der Waals surface area (Å²) in [6.07, 6.45) is 2.13. The Hall–Kier alpha value is -1.55. The van der Waals surface area contributed by atoms with E-state index >= 15 is 0 Å². The van der Waals surface area contributed by atoms with Crippen LogP contribution in [0.2, 0.25) is 0 Å². The molecule has 0 aliphatic heterocycles. The zero-order chi connectivity index (χ0) is 17.2. The van der Waals surface area contributed by atoms with Gasteiger partial charge in [0.05, 0.1) is 0 Å². The molecule has 4 nitrogen and oxygen atoms in total. The Morgan fingerprint density at radius 3 is 2.61 bits per heavy atom. The molecular weight excluding hydrogens is 286 g/mol. The molecule has 0 aliphatic carbocycles. The van der Waals surface area contributed by atoms with E-state index in [4.69, 9.17) is 0 Å². The van der Waals surface area contributed by atoms with Gasteiger partial charge in [-0.3, -0.25) is 0 Å². The van der Waals surface area contributed by atoms with Crippen LogP contribution in [0.4, 0.5) is 4.79 Å². The van der Waals surface area contributed by atoms with Gasteiger partial charge in [0.1, 0.15) is 0 Å². The first kappa shape index (κ1) is 19.5. The van der Waals surface area contributed by atoms with Gasteiger partial charge in [0.15, 0.2) is 0 Å². The number of nitrogens with zero attached hydrogens (tertiary/aromatic N) is 2. The minimum Gasteiger partial charge on any atom is -0.338 e. The van der Waals surface area contributed by atoms with E-state index in [-0.39, 0.29) is 6.03 Å². The molecule has 0 aliphatic rings. The highest BCUT2D eigenvalue weighted by Crippen LogP contribution is 2.08. The summed E-state index contributed by atoms with van der Waals surface area (Å²) in [6, 6.07) is 8.94. The monoisotopic (exact) mass is 319 g/mol. The van der Waals surface area contributed by atoms with Gasteiger partial charge in [0.2, 0.25) is 0 Å². The molecule has 1 aromatic rings. The molecule has 23 heavy (non-hydrogen) atoms. The fourth-order valence-corrected chi connectivity index (χ4v) is 2.41. The lowest BCUT2D eigenvalue weighted by Gasteiger charge is -2.22. The van der Waals surface area contributed by atoms with Crippen molar-refractivity contribution in [2.24, 2.45) is 0 Å². The summed E-state index contributed by atoms with van der Waals surface area (Å²) in [4.78, 5) is 16.5. The molecule has 130 valence electrons. The summed E-state index contributed by atoms with van der Waals surface area (Å²) in [6.45, 7) is 11.7. The molecule has 2 amide bonds. The molecule has 0 bridgehead atoms. The molecule has 0 aromatic heterocycles. The van der Waals surface area contributed by atoms with Gasteiger partial charge >= 0.3 is 6.03 Å². The molecule has 1 rings (SSSR count). The van der Waals surface area contributed by atoms with Crippen molar-refractivity contribution in [2.75, 3.05) is 26.7 Å². The molecule has 1 aromatic carbocycles. The van der Waals surface area contributed by atoms with Crippen molar-refractivity contribution >= 4 is 6.03 Å². The summed E-state index contributed by atoms with van der Waals surface area (Å²) in [7, 11) is 2.14. The molecule has 0 atom stereocenters. The van der Waals surface area contributed by atoms with E-state index in [0.29, 0.717) is 12.6 Å². The van der Waals surface area contributed by atoms with Gasteiger partial charge in [-0.1, -0.05) is 29.8 Å². The minimum absolute atomic E-state index is 0.0335. The lowest BCUT2D eigenvalue weighted by Crippen LogP contribution is -2.40. The topological polar surface area (TPSA) is 35.6 Å². The fraction of sp³-hybridized carbons (Fsp3) is 0.632. The number of hydrogen-bond donors (Lipinski definition) is 1. The van der Waals surface area contributed by atoms with E-state index in [1.165, 1.54) is 11.1 Å². The van der Waals surface area contributed by atoms with Gasteiger partial charge in [-0.15, -0.1) is 0 Å². The van der Waals surface area contributed by atoms with E-state index < -0.39 is 0 Å². The van der Waals surface area contributed by atoms with E-state index in [9.17, 15) is 4.79 Å². The SMILES string of the molecule is CCN(Cc1cccc(C)c1)C(=O)NCCCCN(C)C(C)C. The Morgan fingerprint density at radius 2 is 2.00 bits per heavy atom. The third kappa shape index (κ3) is 7.51. The lowest BCUT2D eigenvalue weighted by atomic mass is 10.1. The molecule has 0 fully saturated rings. The second-order valence-corrected chi connectivity index (χ2v) is 6.52. The molecule has 0 saturated heterocycles. The summed E-state index contributed by atoms with van der Waals surface area (Å²) < 4.78 is 0. The molecule has 1 N–H and O–H groups in total. The van der Waals surface area contributed by atoms with Crippen LogP contribution in [0.25, 0.3) is 0 Å². The van der Waals surface area contributed by atoms with Crippen LogP contribution in [0, 0.1) is 6.92 Å². The van der Waals surface area contributed by atoms with Crippen molar-refractivity contribution < 1.29 is 4.79 Å². The fourth-order valence-electron chi connectivity index (χ4n) is 2.41. The predicted octanol–water partition coefficient (Wildman–Crippen LogP) is 3.65. The number of hydrogen-bond acceptors (Lipinski definition) is 2. The minimum atomic E-state index is 0.0335. The first-order valence-electron chi connectivity index (χ1n) is 8.72. The number of nitrogens with one attached hydrogen (secondary N) is 1. The Morgan fingerprint density at radius 1 is 1.26 bits per heavy atom. The average molecular weight is 319 g/mol. The van der Waals surface area contributed by atoms with Crippen molar-refractivity contribution in [3.63, 3.8) is 0 Å². The van der Waals surface area contributed by atoms with Crippen molar-refractivity contribution in [1.82, 2.24) is 15.1 Å². The number of amides is 2. The number of urea groups is 1. The number of benzene rings is 1. The average Bonchev–Trinajstić information content (AvgIpc) is 2.51. The first-order chi connectivity index (χ1) is 10.9. The summed E-state index contributed by atoms with van der Waals surface area (Å²) >= 11 is 0. The Kier molecular flexibility index (Phi) is 8.70. The van der Waals surface area contributed by atoms with E-state index in [1.54, 1.807) is 0 Å². The van der Waals surface area contributed by atoms with Crippen LogP contribution in [-0.2, 0) is 6.54 Å². The van der Waals surface area contributed by atoms with Gasteiger partial charge in [0, 0.05) is 25.7 Å². The number of aryl methyl sites for hydroxylation is 1. The maximum Gasteiger partial charge on any atom is 0.317 e. The second-order valence-electron chi connectivity index (χ2n) is 6.52. The maximum atomic E-state index is 12.3. The van der Waals surface area contributed by atoms with Crippen LogP contribution in [-0.4, -0.2) is 48.6 Å². The maximum absolute atomic E-state index is 12.3. The molecular formula is C19H33N3O. The zero-order valence-electron chi connectivity index (χ0n) is 15.4. The second kappa shape index (κ2) is 10.3. The van der Waals surface area contributed by atoms with Crippen molar-refractivity contribution in [3.05, 3.63) is 35.4 Å². The largest absolute Gasteiger partial charge is 0.338 e. The van der Waals surface area contributed by atoms with Gasteiger partial charge in [-0.2, -0.15) is 0 Å². The van der Waals surface area contributed by atoms with Gasteiger partial charge in [-0.05, 0) is 59.7 Å². The lowest BCUT2D eigenvalue weighted by molar-refractivity contribution is 0.197. The van der Waals surface area contributed by atoms with Crippen LogP contribution in [0.15, 0.2) is 24.3 Å². The normalized spacial score (nSPS) is 11.1. The molecule has 4 heteroatoms. The van der Waals surface area contributed by atoms with Crippen LogP contribution in [0.1, 0.15) is 44.7 Å². The molecule has 0 saturated carbocycles. The highest BCUT2D eigenvalue weighted by Gasteiger charge is 2.11. The number of carbonyl (C=O) groups is 1. The predicted molar refractivity (Wildman–Crippen MR) is 97.7 cm³/mol. The molecule has 0 spiro atoms. The number of rotatable bonds is 9. The van der Waals surface area contributed by atoms with Crippen molar-refractivity contribution in [2.45, 2.75) is 53.1 Å². The summed E-state index contributed by atoms with van der Waals surface area (Å²) in [5, 5.41) is 3.04. The summed E-state index contributed by atoms with van der Waals surface area (Å²) in [5.41, 5.74) is 2.41. The first-order valence-corrected chi connectivity index (χ1v) is 8.72. The number of carbonyl (C=O) groups excluding carboxylic acids is 1. The molecule has 0 radical (unpaired) electrons. The van der Waals surface area contributed by atoms with Crippen LogP contribution in [0.5, 0.6) is 0 Å². The van der Waals surface area contributed by atoms with Crippen molar-refractivity contribution in [1.29, 1.82) is 0 Å². The standard InChI is InChI=1S/C19H33N3O/c1-6-22(15-18-11-9-10-17(4)14-18)19(23)20-12-7-8-13-21(5)16(2)3/h9-11,14,16H,6-8,12-13,15H2,1-5H3,(H,20,23). The van der Waals surface area contributed by atoms with E-state index in [1.807, 2.05) is 17.9 Å². The van der Waals surface area contributed by atoms with E-state index in [0.717, 1.165) is 32.5 Å². The highest BCUT2D eigenvalue weighted by atomic mass is 16.2. The third-order valence-electron chi connectivity index (χ3n) is 4.22. The van der Waals surface area contributed by atoms with Crippen LogP contribution < -0.4 is 5.32 Å². The Bertz CT molecular complexity index is 473. The van der Waals surface area contributed by atoms with Gasteiger partial charge in [-0.25, -0.2) is 4.79 Å². The third-order valence-corrected chi connectivity index (χ3v) is 4.22. The molecule has 0 unspecified atom stereocenters. The van der Waals surface area contributed by atoms with Crippen LogP contribution in [0.3, 0.4) is 0 Å².